The maximum Gasteiger partial charge on any atom is 0.104 e. The Morgan fingerprint density at radius 1 is 0.400 bits per heavy atom. The highest BCUT2D eigenvalue weighted by atomic mass is 16.6. The minimum Gasteiger partial charge on any atom is -0.379 e. The highest BCUT2D eigenvalue weighted by molar-refractivity contribution is 5.13. The van der Waals surface area contributed by atoms with Gasteiger partial charge in [-0.15, -0.1) is 0 Å². The maximum absolute atomic E-state index is 6.26. The fraction of sp³-hybridized carbons (Fsp3) is 0.857. The van der Waals surface area contributed by atoms with E-state index in [0.717, 1.165) is 26.1 Å². The van der Waals surface area contributed by atoms with Gasteiger partial charge in [-0.3, -0.25) is 0 Å². The Morgan fingerprint density at radius 2 is 0.756 bits per heavy atom. The van der Waals surface area contributed by atoms with Crippen molar-refractivity contribution in [3.63, 3.8) is 0 Å². The summed E-state index contributed by atoms with van der Waals surface area (Å²) >= 11 is 0. The minimum atomic E-state index is 0.0299. The number of hydrogen-bond acceptors (Lipinski definition) is 3. The topological polar surface area (TPSA) is 27.7 Å². The van der Waals surface area contributed by atoms with Gasteiger partial charge in [0.05, 0.1) is 19.8 Å². The lowest BCUT2D eigenvalue weighted by atomic mass is 10.0. The zero-order valence-corrected chi connectivity index (χ0v) is 30.5. The molecule has 0 aliphatic rings. The molecule has 1 aromatic carbocycles. The number of ether oxygens (including phenoxy) is 3. The molecule has 0 aliphatic carbocycles. The van der Waals surface area contributed by atoms with E-state index in [4.69, 9.17) is 14.2 Å². The zero-order valence-electron chi connectivity index (χ0n) is 30.5. The van der Waals surface area contributed by atoms with Crippen molar-refractivity contribution < 1.29 is 14.2 Å². The predicted molar refractivity (Wildman–Crippen MR) is 197 cm³/mol. The van der Waals surface area contributed by atoms with Crippen LogP contribution in [0.4, 0.5) is 0 Å². The van der Waals surface area contributed by atoms with Gasteiger partial charge in [0.2, 0.25) is 0 Å². The Labute approximate surface area is 282 Å². The SMILES string of the molecule is CCCCCCCCCCCCCCCCOCC(COCc1ccccc1)OCCCCCCCCCCCCCCCC. The highest BCUT2D eigenvalue weighted by Gasteiger charge is 2.10. The van der Waals surface area contributed by atoms with Crippen molar-refractivity contribution in [3.8, 4) is 0 Å². The van der Waals surface area contributed by atoms with Gasteiger partial charge >= 0.3 is 0 Å². The quantitative estimate of drug-likeness (QED) is 0.0685. The van der Waals surface area contributed by atoms with Gasteiger partial charge in [-0.2, -0.15) is 0 Å². The lowest BCUT2D eigenvalue weighted by molar-refractivity contribution is -0.0645. The molecule has 0 heterocycles. The third-order valence-electron chi connectivity index (χ3n) is 9.21. The number of hydrogen-bond donors (Lipinski definition) is 0. The number of benzene rings is 1. The van der Waals surface area contributed by atoms with Gasteiger partial charge < -0.3 is 14.2 Å². The van der Waals surface area contributed by atoms with E-state index < -0.39 is 0 Å². The van der Waals surface area contributed by atoms with Crippen LogP contribution in [-0.4, -0.2) is 32.5 Å². The molecule has 0 radical (unpaired) electrons. The first kappa shape index (κ1) is 42.1. The van der Waals surface area contributed by atoms with E-state index >= 15 is 0 Å². The molecule has 0 aromatic heterocycles. The van der Waals surface area contributed by atoms with Crippen LogP contribution in [0.25, 0.3) is 0 Å². The Balaban J connectivity index is 2.03. The summed E-state index contributed by atoms with van der Waals surface area (Å²) in [6, 6.07) is 10.4. The van der Waals surface area contributed by atoms with Crippen molar-refractivity contribution in [2.75, 3.05) is 26.4 Å². The molecule has 264 valence electrons. The van der Waals surface area contributed by atoms with Crippen LogP contribution in [0.3, 0.4) is 0 Å². The summed E-state index contributed by atoms with van der Waals surface area (Å²) in [5.41, 5.74) is 1.21. The molecule has 0 aliphatic heterocycles. The first-order valence-electron chi connectivity index (χ1n) is 20.2. The van der Waals surface area contributed by atoms with Gasteiger partial charge in [0.1, 0.15) is 6.10 Å². The standard InChI is InChI=1S/C42H78O3/c1-3-5-7-9-11-13-15-17-19-21-23-25-27-32-36-43-39-42(40-44-38-41-34-30-29-31-35-41)45-37-33-28-26-24-22-20-18-16-14-12-10-8-6-4-2/h29-31,34-35,42H,3-28,32-33,36-40H2,1-2H3. The van der Waals surface area contributed by atoms with Gasteiger partial charge in [-0.25, -0.2) is 0 Å². The van der Waals surface area contributed by atoms with Crippen LogP contribution in [0.2, 0.25) is 0 Å². The monoisotopic (exact) mass is 631 g/mol. The third kappa shape index (κ3) is 31.5. The highest BCUT2D eigenvalue weighted by Crippen LogP contribution is 2.15. The van der Waals surface area contributed by atoms with E-state index in [1.807, 2.05) is 0 Å². The molecule has 0 amide bonds. The van der Waals surface area contributed by atoms with Crippen LogP contribution in [0, 0.1) is 0 Å². The second kappa shape index (κ2) is 35.9. The van der Waals surface area contributed by atoms with E-state index in [-0.39, 0.29) is 6.10 Å². The largest absolute Gasteiger partial charge is 0.379 e. The Kier molecular flexibility index (Phi) is 33.6. The molecule has 0 saturated heterocycles. The van der Waals surface area contributed by atoms with Crippen LogP contribution in [0.15, 0.2) is 30.3 Å². The number of rotatable bonds is 37. The van der Waals surface area contributed by atoms with Crippen molar-refractivity contribution in [1.29, 1.82) is 0 Å². The molecule has 1 rings (SSSR count). The average molecular weight is 631 g/mol. The summed E-state index contributed by atoms with van der Waals surface area (Å²) in [5, 5.41) is 0. The van der Waals surface area contributed by atoms with Crippen LogP contribution in [0.5, 0.6) is 0 Å². The second-order valence-corrected chi connectivity index (χ2v) is 13.8. The Bertz CT molecular complexity index is 663. The Morgan fingerprint density at radius 3 is 1.18 bits per heavy atom. The lowest BCUT2D eigenvalue weighted by Crippen LogP contribution is -2.26. The molecule has 1 unspecified atom stereocenters. The van der Waals surface area contributed by atoms with Gasteiger partial charge in [-0.1, -0.05) is 211 Å². The summed E-state index contributed by atoms with van der Waals surface area (Å²) in [6.45, 7) is 8.14. The van der Waals surface area contributed by atoms with Crippen molar-refractivity contribution in [2.45, 2.75) is 206 Å². The van der Waals surface area contributed by atoms with Crippen LogP contribution >= 0.6 is 0 Å². The smallest absolute Gasteiger partial charge is 0.104 e. The molecule has 45 heavy (non-hydrogen) atoms. The summed E-state index contributed by atoms with van der Waals surface area (Å²) in [7, 11) is 0. The normalized spacial score (nSPS) is 12.2. The minimum absolute atomic E-state index is 0.0299. The second-order valence-electron chi connectivity index (χ2n) is 13.8. The number of unbranched alkanes of at least 4 members (excludes halogenated alkanes) is 26. The Hall–Kier alpha value is -0.900. The molecule has 1 atom stereocenters. The van der Waals surface area contributed by atoms with Crippen molar-refractivity contribution >= 4 is 0 Å². The molecule has 3 heteroatoms. The van der Waals surface area contributed by atoms with Crippen molar-refractivity contribution in [2.24, 2.45) is 0 Å². The summed E-state index contributed by atoms with van der Waals surface area (Å²) in [5.74, 6) is 0. The lowest BCUT2D eigenvalue weighted by Gasteiger charge is -2.18. The molecule has 0 bridgehead atoms. The summed E-state index contributed by atoms with van der Waals surface area (Å²) in [6.07, 6.45) is 38.8. The van der Waals surface area contributed by atoms with E-state index in [9.17, 15) is 0 Å². The summed E-state index contributed by atoms with van der Waals surface area (Å²) in [4.78, 5) is 0. The van der Waals surface area contributed by atoms with Crippen LogP contribution in [0.1, 0.15) is 199 Å². The molecular formula is C42H78O3. The fourth-order valence-electron chi connectivity index (χ4n) is 6.19. The first-order valence-corrected chi connectivity index (χ1v) is 20.2. The van der Waals surface area contributed by atoms with Gasteiger partial charge in [0.25, 0.3) is 0 Å². The molecule has 0 spiro atoms. The van der Waals surface area contributed by atoms with E-state index in [1.165, 1.54) is 173 Å². The molecule has 1 aromatic rings. The molecule has 0 saturated carbocycles. The van der Waals surface area contributed by atoms with Gasteiger partial charge in [-0.05, 0) is 18.4 Å². The van der Waals surface area contributed by atoms with E-state index in [1.54, 1.807) is 0 Å². The van der Waals surface area contributed by atoms with Crippen LogP contribution < -0.4 is 0 Å². The third-order valence-corrected chi connectivity index (χ3v) is 9.21. The van der Waals surface area contributed by atoms with Crippen molar-refractivity contribution in [3.05, 3.63) is 35.9 Å². The zero-order chi connectivity index (χ0) is 32.1. The van der Waals surface area contributed by atoms with E-state index in [2.05, 4.69) is 44.2 Å². The molecule has 3 nitrogen and oxygen atoms in total. The van der Waals surface area contributed by atoms with E-state index in [0.29, 0.717) is 19.8 Å². The first-order chi connectivity index (χ1) is 22.4. The summed E-state index contributed by atoms with van der Waals surface area (Å²) < 4.78 is 18.4. The maximum atomic E-state index is 6.26. The molecular weight excluding hydrogens is 552 g/mol. The molecule has 0 fully saturated rings. The van der Waals surface area contributed by atoms with Crippen molar-refractivity contribution in [1.82, 2.24) is 0 Å². The average Bonchev–Trinajstić information content (AvgIpc) is 3.06. The fourth-order valence-corrected chi connectivity index (χ4v) is 6.19. The molecule has 0 N–H and O–H groups in total. The van der Waals surface area contributed by atoms with Gasteiger partial charge in [0, 0.05) is 13.2 Å². The van der Waals surface area contributed by atoms with Crippen LogP contribution in [-0.2, 0) is 20.8 Å². The predicted octanol–water partition coefficient (Wildman–Crippen LogP) is 13.6. The van der Waals surface area contributed by atoms with Gasteiger partial charge in [0.15, 0.2) is 0 Å².